The predicted molar refractivity (Wildman–Crippen MR) is 47.3 cm³/mol. The molecule has 14 heavy (non-hydrogen) atoms. The van der Waals surface area contributed by atoms with E-state index in [4.69, 9.17) is 5.11 Å². The summed E-state index contributed by atoms with van der Waals surface area (Å²) < 4.78 is 0. The third kappa shape index (κ3) is 3.71. The summed E-state index contributed by atoms with van der Waals surface area (Å²) in [7, 11) is 0. The molecule has 0 bridgehead atoms. The second kappa shape index (κ2) is 5.56. The summed E-state index contributed by atoms with van der Waals surface area (Å²) in [5.74, 6) is -1.47. The molecule has 6 heteroatoms. The van der Waals surface area contributed by atoms with E-state index in [9.17, 15) is 9.59 Å². The van der Waals surface area contributed by atoms with Crippen molar-refractivity contribution in [2.45, 2.75) is 12.8 Å². The Kier molecular flexibility index (Phi) is 4.34. The standard InChI is InChI=1S/C8H14N2O4/c11-7(12)5-14-10-8(13)6-2-1-3-9-4-6/h6,9H,1-5H2,(H,10,13)(H,11,12)/t6-/m1/s1. The second-order valence-electron chi connectivity index (χ2n) is 3.19. The van der Waals surface area contributed by atoms with E-state index < -0.39 is 12.6 Å². The van der Waals surface area contributed by atoms with Crippen LogP contribution in [0.3, 0.4) is 0 Å². The minimum atomic E-state index is -1.10. The number of carbonyl (C=O) groups excluding carboxylic acids is 1. The molecular formula is C8H14N2O4. The lowest BCUT2D eigenvalue weighted by Crippen LogP contribution is -2.41. The predicted octanol–water partition coefficient (Wildman–Crippen LogP) is -0.882. The Morgan fingerprint density at radius 2 is 2.36 bits per heavy atom. The maximum Gasteiger partial charge on any atom is 0.332 e. The highest BCUT2D eigenvalue weighted by atomic mass is 16.7. The van der Waals surface area contributed by atoms with Gasteiger partial charge in [-0.2, -0.15) is 0 Å². The van der Waals surface area contributed by atoms with Gasteiger partial charge in [-0.3, -0.25) is 9.63 Å². The van der Waals surface area contributed by atoms with Gasteiger partial charge in [0.15, 0.2) is 6.61 Å². The normalized spacial score (nSPS) is 21.6. The van der Waals surface area contributed by atoms with E-state index in [1.807, 2.05) is 0 Å². The Balaban J connectivity index is 2.16. The molecule has 0 aliphatic carbocycles. The van der Waals surface area contributed by atoms with E-state index in [1.165, 1.54) is 0 Å². The van der Waals surface area contributed by atoms with Gasteiger partial charge in [-0.1, -0.05) is 0 Å². The van der Waals surface area contributed by atoms with Gasteiger partial charge in [0, 0.05) is 6.54 Å². The van der Waals surface area contributed by atoms with Crippen molar-refractivity contribution >= 4 is 11.9 Å². The Morgan fingerprint density at radius 3 is 2.93 bits per heavy atom. The summed E-state index contributed by atoms with van der Waals surface area (Å²) in [5.41, 5.74) is 2.12. The number of carboxylic acid groups (broad SMARTS) is 1. The molecule has 0 spiro atoms. The number of piperidine rings is 1. The van der Waals surface area contributed by atoms with Gasteiger partial charge in [0.1, 0.15) is 0 Å². The first-order valence-electron chi connectivity index (χ1n) is 4.54. The minimum Gasteiger partial charge on any atom is -0.479 e. The summed E-state index contributed by atoms with van der Waals surface area (Å²) in [6.07, 6.45) is 1.77. The molecule has 6 nitrogen and oxygen atoms in total. The Labute approximate surface area is 81.6 Å². The number of hydrogen-bond acceptors (Lipinski definition) is 4. The van der Waals surface area contributed by atoms with Gasteiger partial charge in [-0.25, -0.2) is 10.3 Å². The molecule has 80 valence electrons. The topological polar surface area (TPSA) is 87.7 Å². The van der Waals surface area contributed by atoms with Gasteiger partial charge in [0.25, 0.3) is 0 Å². The smallest absolute Gasteiger partial charge is 0.332 e. The van der Waals surface area contributed by atoms with Crippen LogP contribution in [-0.4, -0.2) is 36.7 Å². The number of nitrogens with one attached hydrogen (secondary N) is 2. The zero-order chi connectivity index (χ0) is 10.4. The molecule has 1 rings (SSSR count). The van der Waals surface area contributed by atoms with Gasteiger partial charge in [0.2, 0.25) is 5.91 Å². The molecule has 1 aliphatic heterocycles. The van der Waals surface area contributed by atoms with E-state index in [0.29, 0.717) is 6.54 Å². The fourth-order valence-electron chi connectivity index (χ4n) is 1.33. The lowest BCUT2D eigenvalue weighted by molar-refractivity contribution is -0.150. The molecule has 0 saturated carbocycles. The Hall–Kier alpha value is -1.14. The van der Waals surface area contributed by atoms with Crippen LogP contribution in [0.1, 0.15) is 12.8 Å². The van der Waals surface area contributed by atoms with E-state index >= 15 is 0 Å². The lowest BCUT2D eigenvalue weighted by atomic mass is 9.99. The first-order valence-corrected chi connectivity index (χ1v) is 4.54. The number of amides is 1. The zero-order valence-electron chi connectivity index (χ0n) is 7.78. The SMILES string of the molecule is O=C(O)CONC(=O)[C@@H]1CCCNC1. The molecule has 1 atom stereocenters. The molecule has 0 aromatic carbocycles. The molecule has 0 aromatic rings. The van der Waals surface area contributed by atoms with E-state index in [-0.39, 0.29) is 11.8 Å². The van der Waals surface area contributed by atoms with Crippen molar-refractivity contribution in [3.05, 3.63) is 0 Å². The molecule has 1 fully saturated rings. The van der Waals surface area contributed by atoms with Crippen LogP contribution in [0.4, 0.5) is 0 Å². The highest BCUT2D eigenvalue weighted by Gasteiger charge is 2.20. The number of hydrogen-bond donors (Lipinski definition) is 3. The zero-order valence-corrected chi connectivity index (χ0v) is 7.78. The largest absolute Gasteiger partial charge is 0.479 e. The van der Waals surface area contributed by atoms with Crippen LogP contribution in [-0.2, 0) is 14.4 Å². The molecule has 0 radical (unpaired) electrons. The van der Waals surface area contributed by atoms with E-state index in [2.05, 4.69) is 15.6 Å². The van der Waals surface area contributed by atoms with E-state index in [1.54, 1.807) is 0 Å². The average molecular weight is 202 g/mol. The maximum absolute atomic E-state index is 11.3. The maximum atomic E-state index is 11.3. The van der Waals surface area contributed by atoms with Crippen molar-refractivity contribution in [2.24, 2.45) is 5.92 Å². The number of rotatable bonds is 4. The van der Waals surface area contributed by atoms with Gasteiger partial charge >= 0.3 is 5.97 Å². The molecule has 0 unspecified atom stereocenters. The lowest BCUT2D eigenvalue weighted by Gasteiger charge is -2.21. The summed E-state index contributed by atoms with van der Waals surface area (Å²) in [6, 6.07) is 0. The highest BCUT2D eigenvalue weighted by molar-refractivity contribution is 5.78. The van der Waals surface area contributed by atoms with Crippen LogP contribution in [0.15, 0.2) is 0 Å². The summed E-state index contributed by atoms with van der Waals surface area (Å²) >= 11 is 0. The minimum absolute atomic E-state index is 0.113. The van der Waals surface area contributed by atoms with E-state index in [0.717, 1.165) is 19.4 Å². The molecule has 1 aliphatic rings. The Bertz CT molecular complexity index is 213. The van der Waals surface area contributed by atoms with Crippen LogP contribution in [0, 0.1) is 5.92 Å². The molecule has 1 saturated heterocycles. The van der Waals surface area contributed by atoms with Crippen molar-refractivity contribution in [2.75, 3.05) is 19.7 Å². The monoisotopic (exact) mass is 202 g/mol. The van der Waals surface area contributed by atoms with Gasteiger partial charge in [-0.05, 0) is 19.4 Å². The average Bonchev–Trinajstić information content (AvgIpc) is 2.18. The summed E-state index contributed by atoms with van der Waals surface area (Å²) in [6.45, 7) is 1.05. The van der Waals surface area contributed by atoms with Crippen molar-refractivity contribution in [3.63, 3.8) is 0 Å². The van der Waals surface area contributed by atoms with Crippen LogP contribution in [0.25, 0.3) is 0 Å². The van der Waals surface area contributed by atoms with Crippen molar-refractivity contribution < 1.29 is 19.5 Å². The number of hydroxylamine groups is 1. The third-order valence-corrected chi connectivity index (χ3v) is 2.04. The Morgan fingerprint density at radius 1 is 1.57 bits per heavy atom. The second-order valence-corrected chi connectivity index (χ2v) is 3.19. The third-order valence-electron chi connectivity index (χ3n) is 2.04. The van der Waals surface area contributed by atoms with Gasteiger partial charge < -0.3 is 10.4 Å². The quantitative estimate of drug-likeness (QED) is 0.515. The number of aliphatic carboxylic acids is 1. The molecule has 0 aromatic heterocycles. The van der Waals surface area contributed by atoms with Gasteiger partial charge in [0.05, 0.1) is 5.92 Å². The van der Waals surface area contributed by atoms with Crippen LogP contribution >= 0.6 is 0 Å². The first-order chi connectivity index (χ1) is 6.70. The fourth-order valence-corrected chi connectivity index (χ4v) is 1.33. The van der Waals surface area contributed by atoms with Crippen LogP contribution in [0.2, 0.25) is 0 Å². The first kappa shape index (κ1) is 10.9. The number of carbonyl (C=O) groups is 2. The fraction of sp³-hybridized carbons (Fsp3) is 0.750. The van der Waals surface area contributed by atoms with Gasteiger partial charge in [-0.15, -0.1) is 0 Å². The van der Waals surface area contributed by atoms with Crippen LogP contribution in [0.5, 0.6) is 0 Å². The van der Waals surface area contributed by atoms with Crippen molar-refractivity contribution in [1.29, 1.82) is 0 Å². The number of carboxylic acids is 1. The molecule has 1 heterocycles. The summed E-state index contributed by atoms with van der Waals surface area (Å²) in [4.78, 5) is 25.9. The summed E-state index contributed by atoms with van der Waals surface area (Å²) in [5, 5.41) is 11.3. The molecular weight excluding hydrogens is 188 g/mol. The molecule has 3 N–H and O–H groups in total. The molecule has 1 amide bonds. The van der Waals surface area contributed by atoms with Crippen molar-refractivity contribution in [1.82, 2.24) is 10.8 Å². The van der Waals surface area contributed by atoms with Crippen molar-refractivity contribution in [3.8, 4) is 0 Å². The van der Waals surface area contributed by atoms with Crippen LogP contribution < -0.4 is 10.8 Å². The highest BCUT2D eigenvalue weighted by Crippen LogP contribution is 2.09.